The lowest BCUT2D eigenvalue weighted by atomic mass is 10.1. The van der Waals surface area contributed by atoms with Gasteiger partial charge in [0.25, 0.3) is 5.91 Å². The Hall–Kier alpha value is -5.53. The molecule has 2 heterocycles. The van der Waals surface area contributed by atoms with Crippen molar-refractivity contribution in [2.75, 3.05) is 36.0 Å². The van der Waals surface area contributed by atoms with Gasteiger partial charge in [0.05, 0.1) is 30.2 Å². The van der Waals surface area contributed by atoms with Crippen molar-refractivity contribution in [3.8, 4) is 6.07 Å². The molecule has 1 aliphatic heterocycles. The first kappa shape index (κ1) is 31.5. The van der Waals surface area contributed by atoms with Crippen LogP contribution in [0.3, 0.4) is 0 Å². The fraction of sp³-hybridized carbons (Fsp3) is 0.189. The highest BCUT2D eigenvalue weighted by atomic mass is 32.1. The number of benzene rings is 4. The first-order chi connectivity index (χ1) is 23.0. The maximum Gasteiger partial charge on any atom is 0.258 e. The molecule has 1 aliphatic rings. The maximum atomic E-state index is 14.2. The molecule has 1 fully saturated rings. The Bertz CT molecular complexity index is 1860. The smallest absolute Gasteiger partial charge is 0.258 e. The predicted molar refractivity (Wildman–Crippen MR) is 186 cm³/mol. The highest BCUT2D eigenvalue weighted by Gasteiger charge is 2.23. The average Bonchev–Trinajstić information content (AvgIpc) is 3.56. The summed E-state index contributed by atoms with van der Waals surface area (Å²) < 4.78 is 16.1. The number of halogens is 1. The van der Waals surface area contributed by atoms with E-state index >= 15 is 0 Å². The molecule has 1 aromatic heterocycles. The van der Waals surface area contributed by atoms with Gasteiger partial charge in [-0.25, -0.2) is 9.37 Å². The zero-order chi connectivity index (χ0) is 32.6. The average molecular weight is 644 g/mol. The Morgan fingerprint density at radius 2 is 1.66 bits per heavy atom. The lowest BCUT2D eigenvalue weighted by Gasteiger charge is -2.37. The van der Waals surface area contributed by atoms with E-state index in [1.165, 1.54) is 17.7 Å². The second-order valence-electron chi connectivity index (χ2n) is 11.4. The van der Waals surface area contributed by atoms with E-state index in [9.17, 15) is 9.18 Å². The topological polar surface area (TPSA) is 80.4 Å². The molecule has 0 atom stereocenters. The van der Waals surface area contributed by atoms with E-state index in [2.05, 4.69) is 38.3 Å². The Kier molecular flexibility index (Phi) is 9.84. The normalized spacial score (nSPS) is 12.8. The van der Waals surface area contributed by atoms with Crippen LogP contribution in [0.4, 0.5) is 15.8 Å². The van der Waals surface area contributed by atoms with Crippen LogP contribution in [-0.4, -0.2) is 51.6 Å². The number of hydrogen-bond acceptors (Lipinski definition) is 5. The fourth-order valence-electron chi connectivity index (χ4n) is 5.62. The SMILES string of the molecule is N#Cc1ccc(Cn2cncc2CN(C(=O)c2cccc(F)c2)c2ccc(N3CCN(C(=S)NCc4ccccc4)CC3)cc2)cc1. The minimum Gasteiger partial charge on any atom is -0.368 e. The summed E-state index contributed by atoms with van der Waals surface area (Å²) in [5, 5.41) is 13.3. The number of nitrogens with one attached hydrogen (secondary N) is 1. The minimum atomic E-state index is -0.467. The van der Waals surface area contributed by atoms with Gasteiger partial charge >= 0.3 is 0 Å². The highest BCUT2D eigenvalue weighted by molar-refractivity contribution is 7.80. The van der Waals surface area contributed by atoms with Crippen LogP contribution in [-0.2, 0) is 19.6 Å². The number of thiocarbonyl (C=S) groups is 1. The third-order valence-corrected chi connectivity index (χ3v) is 8.65. The van der Waals surface area contributed by atoms with Gasteiger partial charge < -0.3 is 24.6 Å². The lowest BCUT2D eigenvalue weighted by molar-refractivity contribution is 0.0984. The summed E-state index contributed by atoms with van der Waals surface area (Å²) in [5.41, 5.74) is 5.62. The van der Waals surface area contributed by atoms with Crippen LogP contribution in [0.1, 0.15) is 32.7 Å². The standard InChI is InChI=1S/C37H34FN7OS/c38-32-8-4-7-31(21-32)36(46)45(26-35-24-40-27-44(35)25-30-11-9-28(22-39)10-12-30)34-15-13-33(14-16-34)42-17-19-43(20-18-42)37(47)41-23-29-5-2-1-3-6-29/h1-16,21,24,27H,17-20,23,25-26H2,(H,41,47). The van der Waals surface area contributed by atoms with Crippen molar-refractivity contribution in [2.45, 2.75) is 19.6 Å². The first-order valence-electron chi connectivity index (χ1n) is 15.4. The van der Waals surface area contributed by atoms with E-state index < -0.39 is 5.82 Å². The van der Waals surface area contributed by atoms with Crippen molar-refractivity contribution in [3.05, 3.63) is 149 Å². The van der Waals surface area contributed by atoms with Crippen molar-refractivity contribution in [3.63, 3.8) is 0 Å². The molecule has 8 nitrogen and oxygen atoms in total. The van der Waals surface area contributed by atoms with Gasteiger partial charge in [-0.3, -0.25) is 4.79 Å². The van der Waals surface area contributed by atoms with Crippen molar-refractivity contribution in [2.24, 2.45) is 0 Å². The van der Waals surface area contributed by atoms with Gasteiger partial charge in [-0.2, -0.15) is 5.26 Å². The van der Waals surface area contributed by atoms with Crippen LogP contribution >= 0.6 is 12.2 Å². The number of amides is 1. The van der Waals surface area contributed by atoms with Gasteiger partial charge in [0, 0.05) is 62.4 Å². The van der Waals surface area contributed by atoms with Crippen molar-refractivity contribution >= 4 is 34.6 Å². The minimum absolute atomic E-state index is 0.233. The number of anilines is 2. The monoisotopic (exact) mass is 643 g/mol. The number of carbonyl (C=O) groups is 1. The molecule has 1 N–H and O–H groups in total. The predicted octanol–water partition coefficient (Wildman–Crippen LogP) is 5.99. The van der Waals surface area contributed by atoms with Crippen molar-refractivity contribution < 1.29 is 9.18 Å². The van der Waals surface area contributed by atoms with E-state index in [1.54, 1.807) is 41.7 Å². The molecule has 0 spiro atoms. The molecule has 0 saturated carbocycles. The van der Waals surface area contributed by atoms with E-state index in [4.69, 9.17) is 17.5 Å². The Morgan fingerprint density at radius 1 is 0.915 bits per heavy atom. The molecule has 0 radical (unpaired) electrons. The number of aromatic nitrogens is 2. The second kappa shape index (κ2) is 14.7. The van der Waals surface area contributed by atoms with Crippen LogP contribution in [0.5, 0.6) is 0 Å². The third-order valence-electron chi connectivity index (χ3n) is 8.25. The van der Waals surface area contributed by atoms with Crippen LogP contribution in [0, 0.1) is 17.1 Å². The number of nitrogens with zero attached hydrogens (tertiary/aromatic N) is 6. The molecular weight excluding hydrogens is 610 g/mol. The molecular formula is C37H34FN7OS. The lowest BCUT2D eigenvalue weighted by Crippen LogP contribution is -2.51. The molecule has 0 unspecified atom stereocenters. The highest BCUT2D eigenvalue weighted by Crippen LogP contribution is 2.26. The number of imidazole rings is 1. The molecule has 10 heteroatoms. The van der Waals surface area contributed by atoms with Crippen LogP contribution < -0.4 is 15.1 Å². The summed E-state index contributed by atoms with van der Waals surface area (Å²) in [6.07, 6.45) is 3.46. The van der Waals surface area contributed by atoms with Gasteiger partial charge in [-0.05, 0) is 77.9 Å². The summed E-state index contributed by atoms with van der Waals surface area (Å²) in [6.45, 7) is 4.68. The second-order valence-corrected chi connectivity index (χ2v) is 11.7. The quantitative estimate of drug-likeness (QED) is 0.198. The largest absolute Gasteiger partial charge is 0.368 e. The van der Waals surface area contributed by atoms with Gasteiger partial charge in [0.2, 0.25) is 0 Å². The van der Waals surface area contributed by atoms with Crippen LogP contribution in [0.25, 0.3) is 0 Å². The molecule has 236 valence electrons. The summed E-state index contributed by atoms with van der Waals surface area (Å²) in [7, 11) is 0. The zero-order valence-corrected chi connectivity index (χ0v) is 26.6. The van der Waals surface area contributed by atoms with E-state index in [-0.39, 0.29) is 18.0 Å². The fourth-order valence-corrected chi connectivity index (χ4v) is 5.87. The number of hydrogen-bond donors (Lipinski definition) is 1. The Morgan fingerprint density at radius 3 is 2.36 bits per heavy atom. The molecule has 0 bridgehead atoms. The van der Waals surface area contributed by atoms with Crippen molar-refractivity contribution in [1.82, 2.24) is 19.8 Å². The summed E-state index contributed by atoms with van der Waals surface area (Å²) >= 11 is 5.67. The zero-order valence-electron chi connectivity index (χ0n) is 25.8. The third kappa shape index (κ3) is 7.83. The van der Waals surface area contributed by atoms with E-state index in [0.29, 0.717) is 24.3 Å². The number of nitriles is 1. The number of rotatable bonds is 9. The Balaban J connectivity index is 1.15. The van der Waals surface area contributed by atoms with Gasteiger partial charge in [0.1, 0.15) is 5.82 Å². The molecule has 4 aromatic carbocycles. The summed E-state index contributed by atoms with van der Waals surface area (Å²) in [4.78, 5) is 24.4. The molecule has 1 amide bonds. The molecule has 47 heavy (non-hydrogen) atoms. The van der Waals surface area contributed by atoms with Crippen LogP contribution in [0.2, 0.25) is 0 Å². The first-order valence-corrected chi connectivity index (χ1v) is 15.8. The number of piperazine rings is 1. The summed E-state index contributed by atoms with van der Waals surface area (Å²) in [6, 6.07) is 33.4. The molecule has 1 saturated heterocycles. The maximum absolute atomic E-state index is 14.2. The molecule has 6 rings (SSSR count). The van der Waals surface area contributed by atoms with E-state index in [1.807, 2.05) is 59.2 Å². The van der Waals surface area contributed by atoms with Gasteiger partial charge in [-0.15, -0.1) is 0 Å². The van der Waals surface area contributed by atoms with E-state index in [0.717, 1.165) is 48.2 Å². The Labute approximate surface area is 279 Å². The van der Waals surface area contributed by atoms with Crippen LogP contribution in [0.15, 0.2) is 116 Å². The molecule has 0 aliphatic carbocycles. The van der Waals surface area contributed by atoms with Gasteiger partial charge in [0.15, 0.2) is 5.11 Å². The number of carbonyl (C=O) groups excluding carboxylic acids is 1. The van der Waals surface area contributed by atoms with Gasteiger partial charge in [-0.1, -0.05) is 48.5 Å². The van der Waals surface area contributed by atoms with Crippen molar-refractivity contribution in [1.29, 1.82) is 5.26 Å². The summed E-state index contributed by atoms with van der Waals surface area (Å²) in [5.74, 6) is -0.778. The molecule has 5 aromatic rings.